The quantitative estimate of drug-likeness (QED) is 0.0532. The summed E-state index contributed by atoms with van der Waals surface area (Å²) < 4.78 is 80.1. The van der Waals surface area contributed by atoms with Gasteiger partial charge in [0.25, 0.3) is 5.60 Å². The van der Waals surface area contributed by atoms with Crippen LogP contribution in [0.4, 0.5) is 42.5 Å². The Morgan fingerprint density at radius 2 is 1.64 bits per heavy atom. The SMILES string of the molecule is [N-]=[N+]=Nc1ccc(C(=O)CN(C(=O)CCCCC2SCC3NC(=O)NC32)c2ccc(C(O)(C(F)(F)F)C(F)(F)F)cc2)cc1. The number of hydrogen-bond donors (Lipinski definition) is 3. The molecule has 0 radical (unpaired) electrons. The lowest BCUT2D eigenvalue weighted by Gasteiger charge is -2.33. The number of Topliss-reactive ketones (excluding diaryl/α,β-unsaturated/α-hetero) is 1. The number of azide groups is 1. The average molecular weight is 645 g/mol. The van der Waals surface area contributed by atoms with Crippen LogP contribution in [0.3, 0.4) is 0 Å². The minimum atomic E-state index is -6.09. The monoisotopic (exact) mass is 644 g/mol. The van der Waals surface area contributed by atoms with E-state index in [2.05, 4.69) is 20.7 Å². The molecule has 0 spiro atoms. The molecule has 2 fully saturated rings. The second kappa shape index (κ2) is 13.0. The topological polar surface area (TPSA) is 148 Å². The number of rotatable bonds is 11. The molecular weight excluding hydrogens is 618 g/mol. The first kappa shape index (κ1) is 33.0. The summed E-state index contributed by atoms with van der Waals surface area (Å²) in [5, 5.41) is 18.9. The smallest absolute Gasteiger partial charge is 0.369 e. The molecule has 44 heavy (non-hydrogen) atoms. The van der Waals surface area contributed by atoms with E-state index in [0.717, 1.165) is 22.8 Å². The van der Waals surface area contributed by atoms with Crippen LogP contribution in [0.2, 0.25) is 0 Å². The number of amides is 3. The van der Waals surface area contributed by atoms with Crippen molar-refractivity contribution >= 4 is 40.9 Å². The molecule has 17 heteroatoms. The number of benzene rings is 2. The third-order valence-corrected chi connectivity index (χ3v) is 8.95. The van der Waals surface area contributed by atoms with Crippen molar-refractivity contribution in [3.05, 3.63) is 70.1 Å². The van der Waals surface area contributed by atoms with Crippen LogP contribution in [0.25, 0.3) is 10.4 Å². The number of aliphatic hydroxyl groups is 1. The van der Waals surface area contributed by atoms with Crippen LogP contribution in [0.5, 0.6) is 0 Å². The van der Waals surface area contributed by atoms with Gasteiger partial charge in [-0.15, -0.1) is 0 Å². The highest BCUT2D eigenvalue weighted by molar-refractivity contribution is 8.00. The number of hydrogen-bond acceptors (Lipinski definition) is 6. The summed E-state index contributed by atoms with van der Waals surface area (Å²) in [7, 11) is 0. The van der Waals surface area contributed by atoms with Crippen molar-refractivity contribution in [1.29, 1.82) is 0 Å². The molecule has 0 aliphatic carbocycles. The van der Waals surface area contributed by atoms with Crippen molar-refractivity contribution in [2.45, 2.75) is 61.0 Å². The number of carbonyl (C=O) groups is 3. The Kier molecular flexibility index (Phi) is 9.71. The Bertz CT molecular complexity index is 1420. The predicted octanol–water partition coefficient (Wildman–Crippen LogP) is 5.88. The van der Waals surface area contributed by atoms with Gasteiger partial charge in [-0.1, -0.05) is 47.9 Å². The lowest BCUT2D eigenvalue weighted by molar-refractivity contribution is -0.376. The highest BCUT2D eigenvalue weighted by atomic mass is 32.2. The highest BCUT2D eigenvalue weighted by Gasteiger charge is 2.71. The first-order chi connectivity index (χ1) is 20.7. The second-order valence-corrected chi connectivity index (χ2v) is 11.5. The minimum Gasteiger partial charge on any atom is -0.369 e. The van der Waals surface area contributed by atoms with Crippen molar-refractivity contribution in [2.24, 2.45) is 5.11 Å². The first-order valence-electron chi connectivity index (χ1n) is 13.3. The maximum atomic E-state index is 13.4. The van der Waals surface area contributed by atoms with Gasteiger partial charge in [0.05, 0.1) is 18.6 Å². The number of halogens is 6. The number of carbonyl (C=O) groups excluding carboxylic acids is 3. The molecule has 236 valence electrons. The maximum absolute atomic E-state index is 13.4. The molecular formula is C27H26F6N6O4S. The zero-order valence-electron chi connectivity index (χ0n) is 22.7. The number of alkyl halides is 6. The maximum Gasteiger partial charge on any atom is 0.430 e. The van der Waals surface area contributed by atoms with Crippen LogP contribution in [0.15, 0.2) is 53.6 Å². The molecule has 3 atom stereocenters. The number of nitrogens with zero attached hydrogens (tertiary/aromatic N) is 4. The van der Waals surface area contributed by atoms with Gasteiger partial charge >= 0.3 is 18.4 Å². The molecule has 2 saturated heterocycles. The van der Waals surface area contributed by atoms with Crippen LogP contribution in [0, 0.1) is 0 Å². The number of ketones is 1. The van der Waals surface area contributed by atoms with Crippen molar-refractivity contribution in [3.63, 3.8) is 0 Å². The van der Waals surface area contributed by atoms with Gasteiger partial charge in [0.2, 0.25) is 5.91 Å². The fourth-order valence-electron chi connectivity index (χ4n) is 5.09. The van der Waals surface area contributed by atoms with Gasteiger partial charge in [0.15, 0.2) is 5.78 Å². The summed E-state index contributed by atoms with van der Waals surface area (Å²) in [5.41, 5.74) is 2.07. The van der Waals surface area contributed by atoms with E-state index in [-0.39, 0.29) is 46.7 Å². The number of unbranched alkanes of at least 4 members (excludes halogenated alkanes) is 1. The Balaban J connectivity index is 1.51. The first-order valence-corrected chi connectivity index (χ1v) is 14.3. The molecule has 4 rings (SSSR count). The summed E-state index contributed by atoms with van der Waals surface area (Å²) in [6.07, 6.45) is -10.6. The zero-order valence-corrected chi connectivity index (χ0v) is 23.5. The van der Waals surface area contributed by atoms with Crippen LogP contribution < -0.4 is 15.5 Å². The molecule has 0 bridgehead atoms. The third-order valence-electron chi connectivity index (χ3n) is 7.44. The van der Waals surface area contributed by atoms with E-state index >= 15 is 0 Å². The summed E-state index contributed by atoms with van der Waals surface area (Å²) in [6.45, 7) is -0.595. The van der Waals surface area contributed by atoms with Crippen LogP contribution in [-0.2, 0) is 10.4 Å². The number of fused-ring (bicyclic) bond motifs is 1. The molecule has 10 nitrogen and oxygen atoms in total. The second-order valence-electron chi connectivity index (χ2n) is 10.3. The van der Waals surface area contributed by atoms with Gasteiger partial charge in [-0.3, -0.25) is 9.59 Å². The summed E-state index contributed by atoms with van der Waals surface area (Å²) in [4.78, 5) is 41.5. The van der Waals surface area contributed by atoms with Gasteiger partial charge in [0, 0.05) is 44.8 Å². The van der Waals surface area contributed by atoms with Crippen LogP contribution in [-0.4, -0.2) is 64.8 Å². The molecule has 2 aliphatic rings. The van der Waals surface area contributed by atoms with E-state index in [4.69, 9.17) is 5.53 Å². The molecule has 2 aromatic carbocycles. The van der Waals surface area contributed by atoms with Crippen LogP contribution in [0.1, 0.15) is 41.6 Å². The predicted molar refractivity (Wildman–Crippen MR) is 148 cm³/mol. The fraction of sp³-hybridized carbons (Fsp3) is 0.444. The molecule has 3 amide bonds. The molecule has 2 heterocycles. The lowest BCUT2D eigenvalue weighted by atomic mass is 9.92. The van der Waals surface area contributed by atoms with Gasteiger partial charge in [0.1, 0.15) is 0 Å². The van der Waals surface area contributed by atoms with Gasteiger partial charge in [-0.05, 0) is 30.5 Å². The Morgan fingerprint density at radius 3 is 2.23 bits per heavy atom. The molecule has 2 aliphatic heterocycles. The fourth-order valence-corrected chi connectivity index (χ4v) is 6.64. The van der Waals surface area contributed by atoms with Gasteiger partial charge in [-0.2, -0.15) is 38.1 Å². The summed E-state index contributed by atoms with van der Waals surface area (Å²) in [6, 6.07) is 7.59. The van der Waals surface area contributed by atoms with Crippen LogP contribution >= 0.6 is 11.8 Å². The summed E-state index contributed by atoms with van der Waals surface area (Å²) in [5.74, 6) is -0.457. The number of urea groups is 1. The molecule has 0 aromatic heterocycles. The lowest BCUT2D eigenvalue weighted by Crippen LogP contribution is -2.53. The Morgan fingerprint density at radius 1 is 1.00 bits per heavy atom. The zero-order chi connectivity index (χ0) is 32.3. The van der Waals surface area contributed by atoms with E-state index in [0.29, 0.717) is 31.4 Å². The molecule has 3 unspecified atom stereocenters. The van der Waals surface area contributed by atoms with Gasteiger partial charge in [-0.25, -0.2) is 4.79 Å². The Hall–Kier alpha value is -3.95. The number of anilines is 1. The largest absolute Gasteiger partial charge is 0.430 e. The van der Waals surface area contributed by atoms with Crippen molar-refractivity contribution in [2.75, 3.05) is 17.2 Å². The molecule has 2 aromatic rings. The number of thioether (sulfide) groups is 1. The standard InChI is InChI=1S/C27H26F6N6O4S/c28-26(29,30)25(43,27(31,32)33)16-7-11-18(12-8-16)39(13-20(40)15-5-9-17(10-6-15)37-38-34)22(41)4-2-1-3-21-23-19(14-44-21)35-24(42)36-23/h5-12,19,21,23,43H,1-4,13-14H2,(H2,35,36,42). The van der Waals surface area contributed by atoms with Crippen molar-refractivity contribution < 1.29 is 45.8 Å². The minimum absolute atomic E-state index is 0.0247. The van der Waals surface area contributed by atoms with E-state index < -0.39 is 41.8 Å². The van der Waals surface area contributed by atoms with E-state index in [1.54, 1.807) is 11.8 Å². The molecule has 0 saturated carbocycles. The van der Waals surface area contributed by atoms with E-state index in [9.17, 15) is 45.8 Å². The van der Waals surface area contributed by atoms with E-state index in [1.165, 1.54) is 24.3 Å². The van der Waals surface area contributed by atoms with E-state index in [1.807, 2.05) is 0 Å². The third kappa shape index (κ3) is 6.89. The average Bonchev–Trinajstić information content (AvgIpc) is 3.52. The highest BCUT2D eigenvalue weighted by Crippen LogP contribution is 2.50. The Labute approximate surface area is 250 Å². The summed E-state index contributed by atoms with van der Waals surface area (Å²) >= 11 is 1.69. The van der Waals surface area contributed by atoms with Crippen molar-refractivity contribution in [1.82, 2.24) is 10.6 Å². The van der Waals surface area contributed by atoms with Gasteiger partial charge < -0.3 is 20.6 Å². The number of nitrogens with one attached hydrogen (secondary N) is 2. The molecule has 3 N–H and O–H groups in total. The van der Waals surface area contributed by atoms with Crippen molar-refractivity contribution in [3.8, 4) is 0 Å². The normalized spacial score (nSPS) is 19.9.